The van der Waals surface area contributed by atoms with Crippen molar-refractivity contribution < 1.29 is 27.5 Å². The van der Waals surface area contributed by atoms with Crippen LogP contribution in [-0.2, 0) is 14.8 Å². The topological polar surface area (TPSA) is 114 Å². The Morgan fingerprint density at radius 1 is 0.967 bits per heavy atom. The van der Waals surface area contributed by atoms with E-state index in [-0.39, 0.29) is 11.4 Å². The minimum absolute atomic E-state index is 0.0276. The first-order valence-electron chi connectivity index (χ1n) is 9.53. The molecule has 2 N–H and O–H groups in total. The fraction of sp³-hybridized carbons (Fsp3) is 0.300. The zero-order valence-electron chi connectivity index (χ0n) is 16.0. The number of rotatable bonds is 4. The molecule has 2 aliphatic rings. The van der Waals surface area contributed by atoms with E-state index in [0.717, 1.165) is 4.31 Å². The van der Waals surface area contributed by atoms with E-state index in [4.69, 9.17) is 9.47 Å². The van der Waals surface area contributed by atoms with E-state index in [9.17, 15) is 18.0 Å². The molecule has 10 heteroatoms. The van der Waals surface area contributed by atoms with Crippen LogP contribution in [-0.4, -0.2) is 50.3 Å². The number of hydrogen-bond donors (Lipinski definition) is 2. The number of benzene rings is 2. The highest BCUT2D eigenvalue weighted by Gasteiger charge is 2.40. The molecule has 0 radical (unpaired) electrons. The van der Waals surface area contributed by atoms with Gasteiger partial charge >= 0.3 is 0 Å². The van der Waals surface area contributed by atoms with Gasteiger partial charge in [-0.2, -0.15) is 4.31 Å². The third kappa shape index (κ3) is 3.96. The summed E-state index contributed by atoms with van der Waals surface area (Å²) in [5.74, 6) is -0.224. The maximum Gasteiger partial charge on any atom is 0.269 e. The number of sulfonamides is 1. The van der Waals surface area contributed by atoms with Crippen molar-refractivity contribution in [3.05, 3.63) is 54.1 Å². The van der Waals surface area contributed by atoms with E-state index in [1.54, 1.807) is 36.4 Å². The molecule has 0 aliphatic carbocycles. The van der Waals surface area contributed by atoms with Crippen molar-refractivity contribution in [1.82, 2.24) is 15.2 Å². The van der Waals surface area contributed by atoms with Crippen molar-refractivity contribution in [2.24, 2.45) is 0 Å². The maximum absolute atomic E-state index is 13.2. The Hall–Kier alpha value is -3.11. The van der Waals surface area contributed by atoms with Crippen LogP contribution in [0.4, 0.5) is 0 Å². The Balaban J connectivity index is 1.47. The molecule has 2 aromatic rings. The van der Waals surface area contributed by atoms with E-state index in [0.29, 0.717) is 43.1 Å². The molecule has 2 aromatic carbocycles. The Kier molecular flexibility index (Phi) is 5.60. The van der Waals surface area contributed by atoms with Crippen LogP contribution in [0.3, 0.4) is 0 Å². The lowest BCUT2D eigenvalue weighted by atomic mass is 10.2. The van der Waals surface area contributed by atoms with E-state index in [2.05, 4.69) is 10.9 Å². The van der Waals surface area contributed by atoms with Crippen molar-refractivity contribution in [1.29, 1.82) is 0 Å². The summed E-state index contributed by atoms with van der Waals surface area (Å²) in [6.07, 6.45) is 0.894. The number of carbonyl (C=O) groups excluding carboxylic acids is 2. The second-order valence-corrected chi connectivity index (χ2v) is 8.78. The quantitative estimate of drug-likeness (QED) is 0.700. The Labute approximate surface area is 174 Å². The van der Waals surface area contributed by atoms with Crippen LogP contribution in [0.25, 0.3) is 0 Å². The molecular weight excluding hydrogens is 410 g/mol. The number of fused-ring (bicyclic) bond motifs is 1. The highest BCUT2D eigenvalue weighted by Crippen LogP contribution is 2.34. The monoisotopic (exact) mass is 431 g/mol. The van der Waals surface area contributed by atoms with E-state index >= 15 is 0 Å². The molecule has 2 aliphatic heterocycles. The molecule has 0 aromatic heterocycles. The summed E-state index contributed by atoms with van der Waals surface area (Å²) in [6, 6.07) is 11.9. The van der Waals surface area contributed by atoms with Gasteiger partial charge in [-0.05, 0) is 37.1 Å². The molecule has 0 bridgehead atoms. The predicted octanol–water partition coefficient (Wildman–Crippen LogP) is 1.07. The number of nitrogens with one attached hydrogen (secondary N) is 2. The van der Waals surface area contributed by atoms with E-state index < -0.39 is 27.9 Å². The minimum atomic E-state index is -3.93. The predicted molar refractivity (Wildman–Crippen MR) is 106 cm³/mol. The van der Waals surface area contributed by atoms with Gasteiger partial charge in [0.25, 0.3) is 11.8 Å². The highest BCUT2D eigenvalue weighted by molar-refractivity contribution is 7.89. The van der Waals surface area contributed by atoms with Gasteiger partial charge in [0.15, 0.2) is 11.5 Å². The van der Waals surface area contributed by atoms with Crippen LogP contribution >= 0.6 is 0 Å². The summed E-state index contributed by atoms with van der Waals surface area (Å²) in [5, 5.41) is 0. The van der Waals surface area contributed by atoms with Crippen LogP contribution in [0, 0.1) is 0 Å². The summed E-state index contributed by atoms with van der Waals surface area (Å²) < 4.78 is 38.4. The third-order valence-corrected chi connectivity index (χ3v) is 6.87. The minimum Gasteiger partial charge on any atom is -0.486 e. The summed E-state index contributed by atoms with van der Waals surface area (Å²) in [6.45, 7) is 0.954. The van der Waals surface area contributed by atoms with Crippen LogP contribution in [0.5, 0.6) is 11.5 Å². The first kappa shape index (κ1) is 20.2. The van der Waals surface area contributed by atoms with Crippen LogP contribution in [0.2, 0.25) is 0 Å². The normalized spacial score (nSPS) is 18.6. The Morgan fingerprint density at radius 3 is 2.47 bits per heavy atom. The molecule has 9 nitrogen and oxygen atoms in total. The van der Waals surface area contributed by atoms with Gasteiger partial charge < -0.3 is 9.47 Å². The summed E-state index contributed by atoms with van der Waals surface area (Å²) in [5.41, 5.74) is 5.05. The lowest BCUT2D eigenvalue weighted by Crippen LogP contribution is -2.51. The lowest BCUT2D eigenvalue weighted by Gasteiger charge is -2.24. The fourth-order valence-electron chi connectivity index (χ4n) is 3.47. The highest BCUT2D eigenvalue weighted by atomic mass is 32.2. The van der Waals surface area contributed by atoms with Gasteiger partial charge in [0.2, 0.25) is 10.0 Å². The van der Waals surface area contributed by atoms with Crippen LogP contribution in [0.1, 0.15) is 23.2 Å². The molecule has 2 heterocycles. The van der Waals surface area contributed by atoms with Crippen LogP contribution < -0.4 is 20.3 Å². The van der Waals surface area contributed by atoms with Gasteiger partial charge in [-0.15, -0.1) is 0 Å². The molecule has 1 atom stereocenters. The summed E-state index contributed by atoms with van der Waals surface area (Å²) in [4.78, 5) is 24.8. The maximum atomic E-state index is 13.2. The van der Waals surface area contributed by atoms with Gasteiger partial charge in [-0.3, -0.25) is 20.4 Å². The molecule has 30 heavy (non-hydrogen) atoms. The second-order valence-electron chi connectivity index (χ2n) is 6.89. The first-order valence-corrected chi connectivity index (χ1v) is 11.0. The molecule has 1 fully saturated rings. The number of hydrogen-bond acceptors (Lipinski definition) is 6. The molecule has 158 valence electrons. The number of carbonyl (C=O) groups is 2. The van der Waals surface area contributed by atoms with Crippen LogP contribution in [0.15, 0.2) is 53.4 Å². The Morgan fingerprint density at radius 2 is 1.70 bits per heavy atom. The zero-order valence-corrected chi connectivity index (χ0v) is 16.9. The lowest BCUT2D eigenvalue weighted by molar-refractivity contribution is -0.125. The van der Waals surface area contributed by atoms with Crippen molar-refractivity contribution in [2.45, 2.75) is 23.8 Å². The molecule has 1 saturated heterocycles. The average Bonchev–Trinajstić information content (AvgIpc) is 3.28. The standard InChI is InChI=1S/C20H21N3O6S/c24-19(14-5-2-1-3-6-14)21-22-20(25)16-7-4-10-23(16)30(26,27)15-8-9-17-18(13-15)29-12-11-28-17/h1-3,5-6,8-9,13,16H,4,7,10-12H2,(H,21,24)(H,22,25)/t16-/m0/s1. The summed E-state index contributed by atoms with van der Waals surface area (Å²) >= 11 is 0. The van der Waals surface area contributed by atoms with Crippen molar-refractivity contribution in [2.75, 3.05) is 19.8 Å². The zero-order chi connectivity index (χ0) is 21.1. The molecule has 2 amide bonds. The smallest absolute Gasteiger partial charge is 0.269 e. The average molecular weight is 431 g/mol. The number of nitrogens with zero attached hydrogens (tertiary/aromatic N) is 1. The van der Waals surface area contributed by atoms with E-state index in [1.165, 1.54) is 12.1 Å². The largest absolute Gasteiger partial charge is 0.486 e. The number of hydrazine groups is 1. The van der Waals surface area contributed by atoms with E-state index in [1.807, 2.05) is 0 Å². The first-order chi connectivity index (χ1) is 14.5. The van der Waals surface area contributed by atoms with Crippen molar-refractivity contribution >= 4 is 21.8 Å². The summed E-state index contributed by atoms with van der Waals surface area (Å²) in [7, 11) is -3.93. The second kappa shape index (κ2) is 8.33. The number of ether oxygens (including phenoxy) is 2. The fourth-order valence-corrected chi connectivity index (χ4v) is 5.15. The van der Waals surface area contributed by atoms with Gasteiger partial charge in [-0.25, -0.2) is 8.42 Å². The van der Waals surface area contributed by atoms with Crippen molar-refractivity contribution in [3.8, 4) is 11.5 Å². The molecular formula is C20H21N3O6S. The molecule has 4 rings (SSSR count). The molecule has 0 spiro atoms. The van der Waals surface area contributed by atoms with Gasteiger partial charge in [0, 0.05) is 18.2 Å². The van der Waals surface area contributed by atoms with Crippen molar-refractivity contribution in [3.63, 3.8) is 0 Å². The third-order valence-electron chi connectivity index (χ3n) is 4.96. The SMILES string of the molecule is O=C(NNC(=O)[C@@H]1CCCN1S(=O)(=O)c1ccc2c(c1)OCCO2)c1ccccc1. The Bertz CT molecular complexity index is 1060. The van der Waals surface area contributed by atoms with Gasteiger partial charge in [0.1, 0.15) is 19.3 Å². The molecule has 0 unspecified atom stereocenters. The van der Waals surface area contributed by atoms with Gasteiger partial charge in [0.05, 0.1) is 4.90 Å². The molecule has 0 saturated carbocycles. The van der Waals surface area contributed by atoms with Gasteiger partial charge in [-0.1, -0.05) is 18.2 Å². The number of amides is 2.